The van der Waals surface area contributed by atoms with E-state index in [1.54, 1.807) is 19.1 Å². The molecule has 0 aromatic heterocycles. The van der Waals surface area contributed by atoms with Crippen LogP contribution in [0.5, 0.6) is 5.75 Å². The largest absolute Gasteiger partial charge is 0.427 e. The fourth-order valence-corrected chi connectivity index (χ4v) is 4.15. The van der Waals surface area contributed by atoms with Crippen LogP contribution in [0.25, 0.3) is 0 Å². The number of fused-ring (bicyclic) bond motifs is 2. The second-order valence-electron chi connectivity index (χ2n) is 6.17. The van der Waals surface area contributed by atoms with Gasteiger partial charge in [0.2, 0.25) is 0 Å². The van der Waals surface area contributed by atoms with Gasteiger partial charge in [-0.15, -0.1) is 0 Å². The second kappa shape index (κ2) is 8.58. The van der Waals surface area contributed by atoms with E-state index in [2.05, 4.69) is 40.9 Å². The van der Waals surface area contributed by atoms with Gasteiger partial charge in [-0.25, -0.2) is 0 Å². The highest BCUT2D eigenvalue weighted by molar-refractivity contribution is 8.00. The third-order valence-electron chi connectivity index (χ3n) is 4.25. The van der Waals surface area contributed by atoms with Crippen molar-refractivity contribution in [1.29, 1.82) is 0 Å². The molecule has 1 N–H and O–H groups in total. The van der Waals surface area contributed by atoms with Gasteiger partial charge in [0.25, 0.3) is 0 Å². The van der Waals surface area contributed by atoms with Crippen molar-refractivity contribution < 1.29 is 14.3 Å². The highest BCUT2D eigenvalue weighted by Gasteiger charge is 2.26. The number of nitrogens with one attached hydrogen (secondary N) is 1. The number of nitrogens with zero attached hydrogens (tertiary/aromatic N) is 1. The van der Waals surface area contributed by atoms with Crippen LogP contribution in [0.2, 0.25) is 0 Å². The lowest BCUT2D eigenvalue weighted by molar-refractivity contribution is -0.131. The summed E-state index contributed by atoms with van der Waals surface area (Å²) >= 11 is 1.64. The van der Waals surface area contributed by atoms with E-state index in [9.17, 15) is 4.79 Å². The second-order valence-corrected chi connectivity index (χ2v) is 7.34. The van der Waals surface area contributed by atoms with Crippen molar-refractivity contribution in [2.75, 3.05) is 31.6 Å². The van der Waals surface area contributed by atoms with E-state index in [-0.39, 0.29) is 12.0 Å². The van der Waals surface area contributed by atoms with Crippen molar-refractivity contribution in [1.82, 2.24) is 5.32 Å². The molecule has 1 unspecified atom stereocenters. The normalized spacial score (nSPS) is 15.8. The van der Waals surface area contributed by atoms with Crippen molar-refractivity contribution >= 4 is 23.6 Å². The molecule has 0 radical (unpaired) electrons. The minimum absolute atomic E-state index is 0.0712. The minimum atomic E-state index is -0.311. The molecule has 0 fully saturated rings. The Hall–Kier alpha value is -2.02. The molecule has 0 saturated heterocycles. The van der Waals surface area contributed by atoms with Crippen LogP contribution in [0, 0.1) is 0 Å². The highest BCUT2D eigenvalue weighted by Crippen LogP contribution is 2.43. The molecule has 138 valence electrons. The van der Waals surface area contributed by atoms with Gasteiger partial charge in [0.1, 0.15) is 5.75 Å². The van der Waals surface area contributed by atoms with E-state index in [1.807, 2.05) is 18.2 Å². The third kappa shape index (κ3) is 4.20. The van der Waals surface area contributed by atoms with Crippen LogP contribution < -0.4 is 14.4 Å². The molecule has 0 spiro atoms. The summed E-state index contributed by atoms with van der Waals surface area (Å²) in [5.41, 5.74) is 3.59. The zero-order valence-corrected chi connectivity index (χ0v) is 16.1. The van der Waals surface area contributed by atoms with Gasteiger partial charge in [-0.05, 0) is 54.2 Å². The van der Waals surface area contributed by atoms with Crippen molar-refractivity contribution in [3.63, 3.8) is 0 Å². The monoisotopic (exact) mass is 372 g/mol. The SMILES string of the molecule is COCCCNC1c2ccc(OC(C)=O)cc2SN(C)c2ccccc21. The fourth-order valence-electron chi connectivity index (χ4n) is 3.13. The molecule has 1 aliphatic rings. The number of para-hydroxylation sites is 1. The Labute approximate surface area is 158 Å². The number of methoxy groups -OCH3 is 1. The molecule has 0 bridgehead atoms. The summed E-state index contributed by atoms with van der Waals surface area (Å²) in [4.78, 5) is 12.4. The summed E-state index contributed by atoms with van der Waals surface area (Å²) < 4.78 is 12.6. The lowest BCUT2D eigenvalue weighted by Crippen LogP contribution is -2.25. The molecule has 1 heterocycles. The zero-order valence-electron chi connectivity index (χ0n) is 15.3. The third-order valence-corrected chi connectivity index (χ3v) is 5.27. The maximum atomic E-state index is 11.3. The number of carbonyl (C=O) groups excluding carboxylic acids is 1. The van der Waals surface area contributed by atoms with Crippen LogP contribution in [-0.2, 0) is 9.53 Å². The zero-order chi connectivity index (χ0) is 18.5. The summed E-state index contributed by atoms with van der Waals surface area (Å²) in [7, 11) is 3.78. The van der Waals surface area contributed by atoms with Gasteiger partial charge >= 0.3 is 5.97 Å². The summed E-state index contributed by atoms with van der Waals surface area (Å²) in [6.07, 6.45) is 0.943. The van der Waals surface area contributed by atoms with Gasteiger partial charge in [0.15, 0.2) is 0 Å². The van der Waals surface area contributed by atoms with Crippen LogP contribution in [0.3, 0.4) is 0 Å². The van der Waals surface area contributed by atoms with Gasteiger partial charge in [0.05, 0.1) is 11.7 Å². The smallest absolute Gasteiger partial charge is 0.308 e. The molecule has 3 rings (SSSR count). The Kier molecular flexibility index (Phi) is 6.19. The molecule has 2 aromatic carbocycles. The Balaban J connectivity index is 1.98. The highest BCUT2D eigenvalue weighted by atomic mass is 32.2. The summed E-state index contributed by atoms with van der Waals surface area (Å²) in [5.74, 6) is 0.260. The molecule has 0 saturated carbocycles. The van der Waals surface area contributed by atoms with Crippen LogP contribution in [0.4, 0.5) is 5.69 Å². The number of benzene rings is 2. The average Bonchev–Trinajstić information content (AvgIpc) is 2.73. The number of hydrogen-bond acceptors (Lipinski definition) is 6. The molecule has 2 aromatic rings. The Morgan fingerprint density at radius 3 is 2.81 bits per heavy atom. The van der Waals surface area contributed by atoms with E-state index in [1.165, 1.54) is 23.7 Å². The van der Waals surface area contributed by atoms with Gasteiger partial charge in [-0.2, -0.15) is 0 Å². The Bertz CT molecular complexity index is 781. The van der Waals surface area contributed by atoms with E-state index in [4.69, 9.17) is 9.47 Å². The van der Waals surface area contributed by atoms with Crippen molar-refractivity contribution in [2.45, 2.75) is 24.3 Å². The molecule has 6 heteroatoms. The maximum Gasteiger partial charge on any atom is 0.308 e. The Morgan fingerprint density at radius 2 is 2.04 bits per heavy atom. The first kappa shape index (κ1) is 18.8. The number of hydrogen-bond donors (Lipinski definition) is 1. The molecular formula is C20H24N2O3S. The quantitative estimate of drug-likeness (QED) is 0.360. The van der Waals surface area contributed by atoms with E-state index in [0.717, 1.165) is 24.5 Å². The molecular weight excluding hydrogens is 348 g/mol. The number of carbonyl (C=O) groups is 1. The minimum Gasteiger partial charge on any atom is -0.427 e. The molecule has 1 aliphatic heterocycles. The van der Waals surface area contributed by atoms with Crippen LogP contribution >= 0.6 is 11.9 Å². The number of ether oxygens (including phenoxy) is 2. The standard InChI is InChI=1S/C20H24N2O3S/c1-14(23)25-15-9-10-17-19(13-15)26-22(2)18-8-5-4-7-16(18)20(17)21-11-6-12-24-3/h4-5,7-10,13,20-21H,6,11-12H2,1-3H3. The number of anilines is 1. The molecule has 26 heavy (non-hydrogen) atoms. The number of rotatable bonds is 6. The molecule has 0 aliphatic carbocycles. The first-order valence-corrected chi connectivity index (χ1v) is 9.43. The lowest BCUT2D eigenvalue weighted by atomic mass is 9.96. The molecule has 1 atom stereocenters. The summed E-state index contributed by atoms with van der Waals surface area (Å²) in [6.45, 7) is 3.00. The fraction of sp³-hybridized carbons (Fsp3) is 0.350. The van der Waals surface area contributed by atoms with Gasteiger partial charge in [0, 0.05) is 32.6 Å². The van der Waals surface area contributed by atoms with Crippen LogP contribution in [0.15, 0.2) is 47.4 Å². The summed E-state index contributed by atoms with van der Waals surface area (Å²) in [5, 5.41) is 3.66. The average molecular weight is 372 g/mol. The predicted molar refractivity (Wildman–Crippen MR) is 105 cm³/mol. The Morgan fingerprint density at radius 1 is 1.23 bits per heavy atom. The first-order chi connectivity index (χ1) is 12.6. The van der Waals surface area contributed by atoms with E-state index < -0.39 is 0 Å². The number of esters is 1. The van der Waals surface area contributed by atoms with E-state index in [0.29, 0.717) is 5.75 Å². The maximum absolute atomic E-state index is 11.3. The summed E-state index contributed by atoms with van der Waals surface area (Å²) in [6, 6.07) is 14.3. The van der Waals surface area contributed by atoms with Crippen LogP contribution in [-0.4, -0.2) is 33.3 Å². The molecule has 5 nitrogen and oxygen atoms in total. The topological polar surface area (TPSA) is 50.8 Å². The predicted octanol–water partition coefficient (Wildman–Crippen LogP) is 3.78. The molecule has 0 amide bonds. The van der Waals surface area contributed by atoms with Crippen molar-refractivity contribution in [3.8, 4) is 5.75 Å². The van der Waals surface area contributed by atoms with Gasteiger partial charge in [-0.1, -0.05) is 24.3 Å². The van der Waals surface area contributed by atoms with Gasteiger partial charge < -0.3 is 19.1 Å². The van der Waals surface area contributed by atoms with Crippen molar-refractivity contribution in [3.05, 3.63) is 53.6 Å². The van der Waals surface area contributed by atoms with Crippen LogP contribution in [0.1, 0.15) is 30.5 Å². The van der Waals surface area contributed by atoms with E-state index >= 15 is 0 Å². The van der Waals surface area contributed by atoms with Gasteiger partial charge in [-0.3, -0.25) is 4.79 Å². The van der Waals surface area contributed by atoms with Crippen molar-refractivity contribution in [2.24, 2.45) is 0 Å². The lowest BCUT2D eigenvalue weighted by Gasteiger charge is -2.22. The first-order valence-electron chi connectivity index (χ1n) is 8.65.